The Morgan fingerprint density at radius 1 is 1.28 bits per heavy atom. The molecule has 1 heterocycles. The fourth-order valence-electron chi connectivity index (χ4n) is 2.14. The summed E-state index contributed by atoms with van der Waals surface area (Å²) < 4.78 is 10.5. The third kappa shape index (κ3) is 4.96. The SMILES string of the molecule is COCCNc1noc(-c2ccc(Cl)cc2)c1C(=O)N[C@@H](C)C(C)C. The van der Waals surface area contributed by atoms with Gasteiger partial charge in [-0.2, -0.15) is 0 Å². The van der Waals surface area contributed by atoms with Gasteiger partial charge in [0, 0.05) is 30.3 Å². The number of anilines is 1. The van der Waals surface area contributed by atoms with E-state index >= 15 is 0 Å². The van der Waals surface area contributed by atoms with E-state index in [4.69, 9.17) is 20.9 Å². The Morgan fingerprint density at radius 3 is 2.56 bits per heavy atom. The minimum atomic E-state index is -0.229. The van der Waals surface area contributed by atoms with E-state index in [1.807, 2.05) is 6.92 Å². The first-order chi connectivity index (χ1) is 11.9. The molecule has 0 saturated carbocycles. The third-order valence-electron chi connectivity index (χ3n) is 3.98. The molecule has 0 aliphatic carbocycles. The van der Waals surface area contributed by atoms with Crippen molar-refractivity contribution in [1.82, 2.24) is 10.5 Å². The number of nitrogens with one attached hydrogen (secondary N) is 2. The van der Waals surface area contributed by atoms with Crippen LogP contribution in [0.25, 0.3) is 11.3 Å². The lowest BCUT2D eigenvalue weighted by molar-refractivity contribution is 0.0931. The van der Waals surface area contributed by atoms with Gasteiger partial charge in [-0.3, -0.25) is 4.79 Å². The van der Waals surface area contributed by atoms with Crippen LogP contribution in [-0.2, 0) is 4.74 Å². The molecule has 2 aromatic rings. The quantitative estimate of drug-likeness (QED) is 0.695. The monoisotopic (exact) mass is 365 g/mol. The predicted molar refractivity (Wildman–Crippen MR) is 99.1 cm³/mol. The Labute approximate surface area is 152 Å². The van der Waals surface area contributed by atoms with Gasteiger partial charge in [0.2, 0.25) is 0 Å². The summed E-state index contributed by atoms with van der Waals surface area (Å²) in [6, 6.07) is 7.10. The van der Waals surface area contributed by atoms with Gasteiger partial charge >= 0.3 is 0 Å². The summed E-state index contributed by atoms with van der Waals surface area (Å²) in [5.41, 5.74) is 1.12. The van der Waals surface area contributed by atoms with Crippen LogP contribution in [0.3, 0.4) is 0 Å². The molecule has 0 unspecified atom stereocenters. The number of ether oxygens (including phenoxy) is 1. The number of carbonyl (C=O) groups excluding carboxylic acids is 1. The number of aromatic nitrogens is 1. The summed E-state index contributed by atoms with van der Waals surface area (Å²) in [5, 5.41) is 10.7. The lowest BCUT2D eigenvalue weighted by Crippen LogP contribution is -2.36. The fraction of sp³-hybridized carbons (Fsp3) is 0.444. The van der Waals surface area contributed by atoms with Crippen LogP contribution in [0, 0.1) is 5.92 Å². The number of rotatable bonds is 8. The number of hydrogen-bond acceptors (Lipinski definition) is 5. The zero-order valence-corrected chi connectivity index (χ0v) is 15.7. The van der Waals surface area contributed by atoms with Crippen LogP contribution in [0.2, 0.25) is 5.02 Å². The predicted octanol–water partition coefficient (Wildman–Crippen LogP) is 3.83. The molecule has 1 amide bonds. The summed E-state index contributed by atoms with van der Waals surface area (Å²) in [7, 11) is 1.61. The van der Waals surface area contributed by atoms with Gasteiger partial charge in [0.05, 0.1) is 6.61 Å². The van der Waals surface area contributed by atoms with Gasteiger partial charge in [-0.25, -0.2) is 0 Å². The highest BCUT2D eigenvalue weighted by atomic mass is 35.5. The highest BCUT2D eigenvalue weighted by molar-refractivity contribution is 6.30. The minimum Gasteiger partial charge on any atom is -0.383 e. The maximum absolute atomic E-state index is 12.8. The molecule has 0 aliphatic heterocycles. The molecule has 0 fully saturated rings. The molecule has 0 bridgehead atoms. The number of amides is 1. The van der Waals surface area contributed by atoms with E-state index in [0.717, 1.165) is 5.56 Å². The molecule has 1 atom stereocenters. The fourth-order valence-corrected chi connectivity index (χ4v) is 2.26. The summed E-state index contributed by atoms with van der Waals surface area (Å²) in [4.78, 5) is 12.8. The molecule has 2 N–H and O–H groups in total. The van der Waals surface area contributed by atoms with Gasteiger partial charge in [-0.05, 0) is 37.1 Å². The molecule has 25 heavy (non-hydrogen) atoms. The van der Waals surface area contributed by atoms with E-state index in [1.165, 1.54) is 0 Å². The van der Waals surface area contributed by atoms with Crippen molar-refractivity contribution < 1.29 is 14.1 Å². The number of halogens is 1. The third-order valence-corrected chi connectivity index (χ3v) is 4.23. The van der Waals surface area contributed by atoms with E-state index < -0.39 is 0 Å². The number of carbonyl (C=O) groups is 1. The first-order valence-corrected chi connectivity index (χ1v) is 8.61. The second-order valence-electron chi connectivity index (χ2n) is 6.17. The largest absolute Gasteiger partial charge is 0.383 e. The van der Waals surface area contributed by atoms with Crippen molar-refractivity contribution in [3.05, 3.63) is 34.9 Å². The zero-order chi connectivity index (χ0) is 18.4. The van der Waals surface area contributed by atoms with Crippen molar-refractivity contribution in [1.29, 1.82) is 0 Å². The van der Waals surface area contributed by atoms with Crippen LogP contribution >= 0.6 is 11.6 Å². The highest BCUT2D eigenvalue weighted by Crippen LogP contribution is 2.30. The number of benzene rings is 1. The average molecular weight is 366 g/mol. The zero-order valence-electron chi connectivity index (χ0n) is 14.9. The molecule has 7 heteroatoms. The van der Waals surface area contributed by atoms with Crippen molar-refractivity contribution in [2.75, 3.05) is 25.6 Å². The van der Waals surface area contributed by atoms with Crippen LogP contribution < -0.4 is 10.6 Å². The van der Waals surface area contributed by atoms with Gasteiger partial charge < -0.3 is 19.9 Å². The number of nitrogens with zero attached hydrogens (tertiary/aromatic N) is 1. The molecule has 0 saturated heterocycles. The maximum atomic E-state index is 12.8. The van der Waals surface area contributed by atoms with Gasteiger partial charge in [0.1, 0.15) is 5.56 Å². The normalized spacial score (nSPS) is 12.2. The minimum absolute atomic E-state index is 0.0206. The second kappa shape index (κ2) is 8.87. The van der Waals surface area contributed by atoms with Gasteiger partial charge in [-0.15, -0.1) is 0 Å². The first-order valence-electron chi connectivity index (χ1n) is 8.23. The molecule has 6 nitrogen and oxygen atoms in total. The van der Waals surface area contributed by atoms with E-state index in [1.54, 1.807) is 31.4 Å². The highest BCUT2D eigenvalue weighted by Gasteiger charge is 2.25. The smallest absolute Gasteiger partial charge is 0.259 e. The van der Waals surface area contributed by atoms with E-state index in [0.29, 0.717) is 41.2 Å². The Kier molecular flexibility index (Phi) is 6.84. The van der Waals surface area contributed by atoms with Crippen molar-refractivity contribution in [2.24, 2.45) is 5.92 Å². The summed E-state index contributed by atoms with van der Waals surface area (Å²) in [6.45, 7) is 7.08. The molecule has 0 aliphatic rings. The molecule has 1 aromatic carbocycles. The Hall–Kier alpha value is -2.05. The molecular formula is C18H24ClN3O3. The molecule has 0 spiro atoms. The van der Waals surface area contributed by atoms with Crippen LogP contribution in [0.4, 0.5) is 5.82 Å². The molecular weight excluding hydrogens is 342 g/mol. The Bertz CT molecular complexity index is 698. The summed E-state index contributed by atoms with van der Waals surface area (Å²) in [5.74, 6) is 0.889. The molecule has 136 valence electrons. The van der Waals surface area contributed by atoms with Crippen molar-refractivity contribution in [3.8, 4) is 11.3 Å². The van der Waals surface area contributed by atoms with Crippen molar-refractivity contribution >= 4 is 23.3 Å². The van der Waals surface area contributed by atoms with E-state index in [9.17, 15) is 4.79 Å². The average Bonchev–Trinajstić information content (AvgIpc) is 2.99. The topological polar surface area (TPSA) is 76.4 Å². The summed E-state index contributed by atoms with van der Waals surface area (Å²) in [6.07, 6.45) is 0. The summed E-state index contributed by atoms with van der Waals surface area (Å²) >= 11 is 5.94. The van der Waals surface area contributed by atoms with Crippen LogP contribution in [0.5, 0.6) is 0 Å². The van der Waals surface area contributed by atoms with Crippen LogP contribution in [0.1, 0.15) is 31.1 Å². The maximum Gasteiger partial charge on any atom is 0.259 e. The lowest BCUT2D eigenvalue weighted by atomic mass is 10.0. The van der Waals surface area contributed by atoms with E-state index in [2.05, 4.69) is 29.6 Å². The second-order valence-corrected chi connectivity index (χ2v) is 6.60. The van der Waals surface area contributed by atoms with Crippen molar-refractivity contribution in [3.63, 3.8) is 0 Å². The number of methoxy groups -OCH3 is 1. The van der Waals surface area contributed by atoms with Gasteiger partial charge in [0.15, 0.2) is 11.6 Å². The molecule has 2 rings (SSSR count). The number of hydrogen-bond donors (Lipinski definition) is 2. The van der Waals surface area contributed by atoms with Crippen LogP contribution in [-0.4, -0.2) is 37.4 Å². The lowest BCUT2D eigenvalue weighted by Gasteiger charge is -2.17. The van der Waals surface area contributed by atoms with Gasteiger partial charge in [0.25, 0.3) is 5.91 Å². The van der Waals surface area contributed by atoms with Crippen molar-refractivity contribution in [2.45, 2.75) is 26.8 Å². The standard InChI is InChI=1S/C18H24ClN3O3/c1-11(2)12(3)21-18(23)15-16(13-5-7-14(19)8-6-13)25-22-17(15)20-9-10-24-4/h5-8,11-12H,9-10H2,1-4H3,(H,20,22)(H,21,23)/t12-/m0/s1. The molecule has 1 aromatic heterocycles. The van der Waals surface area contributed by atoms with Gasteiger partial charge in [-0.1, -0.05) is 30.6 Å². The van der Waals surface area contributed by atoms with E-state index in [-0.39, 0.29) is 11.9 Å². The molecule has 0 radical (unpaired) electrons. The first kappa shape index (κ1) is 19.3. The van der Waals surface area contributed by atoms with Crippen LogP contribution in [0.15, 0.2) is 28.8 Å². The Balaban J connectivity index is 2.35. The Morgan fingerprint density at radius 2 is 1.96 bits per heavy atom.